The average Bonchev–Trinajstić information content (AvgIpc) is 2.92. The van der Waals surface area contributed by atoms with Crippen molar-refractivity contribution in [1.29, 1.82) is 0 Å². The first-order chi connectivity index (χ1) is 8.83. The van der Waals surface area contributed by atoms with Crippen LogP contribution in [0, 0.1) is 0 Å². The standard InChI is InChI=1S/C15H29N3/c1-17-14-6-7-15(17)12-18(10-8-14)11-9-16-13-4-2-3-5-13/h13-16H,2-12H2,1H3. The van der Waals surface area contributed by atoms with Crippen LogP contribution in [-0.2, 0) is 0 Å². The molecule has 1 aliphatic carbocycles. The number of nitrogens with zero attached hydrogens (tertiary/aromatic N) is 2. The van der Waals surface area contributed by atoms with E-state index in [-0.39, 0.29) is 0 Å². The first kappa shape index (κ1) is 12.9. The number of fused-ring (bicyclic) bond motifs is 2. The van der Waals surface area contributed by atoms with E-state index in [1.807, 2.05) is 0 Å². The molecule has 0 aromatic carbocycles. The highest BCUT2D eigenvalue weighted by Crippen LogP contribution is 2.28. The summed E-state index contributed by atoms with van der Waals surface area (Å²) < 4.78 is 0. The van der Waals surface area contributed by atoms with Crippen LogP contribution in [0.3, 0.4) is 0 Å². The van der Waals surface area contributed by atoms with Gasteiger partial charge in [-0.3, -0.25) is 4.90 Å². The van der Waals surface area contributed by atoms with Crippen LogP contribution < -0.4 is 5.32 Å². The lowest BCUT2D eigenvalue weighted by molar-refractivity contribution is 0.218. The lowest BCUT2D eigenvalue weighted by Crippen LogP contribution is -2.40. The summed E-state index contributed by atoms with van der Waals surface area (Å²) in [6.45, 7) is 5.08. The van der Waals surface area contributed by atoms with E-state index in [0.29, 0.717) is 0 Å². The quantitative estimate of drug-likeness (QED) is 0.820. The fraction of sp³-hybridized carbons (Fsp3) is 1.00. The van der Waals surface area contributed by atoms with Gasteiger partial charge in [0.25, 0.3) is 0 Å². The molecule has 2 aliphatic heterocycles. The highest BCUT2D eigenvalue weighted by Gasteiger charge is 2.34. The van der Waals surface area contributed by atoms with Crippen LogP contribution in [0.1, 0.15) is 44.9 Å². The maximum atomic E-state index is 3.75. The molecule has 2 bridgehead atoms. The van der Waals surface area contributed by atoms with E-state index in [9.17, 15) is 0 Å². The van der Waals surface area contributed by atoms with Crippen molar-refractivity contribution in [3.8, 4) is 0 Å². The highest BCUT2D eigenvalue weighted by atomic mass is 15.3. The molecule has 3 aliphatic rings. The minimum atomic E-state index is 0.830. The topological polar surface area (TPSA) is 18.5 Å². The summed E-state index contributed by atoms with van der Waals surface area (Å²) in [6, 6.07) is 2.54. The van der Waals surface area contributed by atoms with Gasteiger partial charge in [0.1, 0.15) is 0 Å². The Morgan fingerprint density at radius 2 is 1.78 bits per heavy atom. The van der Waals surface area contributed by atoms with E-state index in [1.54, 1.807) is 0 Å². The predicted molar refractivity (Wildman–Crippen MR) is 75.9 cm³/mol. The van der Waals surface area contributed by atoms with Crippen LogP contribution >= 0.6 is 0 Å². The highest BCUT2D eigenvalue weighted by molar-refractivity contribution is 4.91. The number of likely N-dealkylation sites (N-methyl/N-ethyl adjacent to an activating group) is 1. The van der Waals surface area contributed by atoms with Crippen molar-refractivity contribution in [2.45, 2.75) is 63.1 Å². The predicted octanol–water partition coefficient (Wildman–Crippen LogP) is 1.69. The van der Waals surface area contributed by atoms with Gasteiger partial charge in [0.15, 0.2) is 0 Å². The Kier molecular flexibility index (Phi) is 4.22. The minimum absolute atomic E-state index is 0.830. The van der Waals surface area contributed by atoms with Crippen LogP contribution in [0.15, 0.2) is 0 Å². The molecule has 2 unspecified atom stereocenters. The maximum Gasteiger partial charge on any atom is 0.0223 e. The van der Waals surface area contributed by atoms with E-state index < -0.39 is 0 Å². The minimum Gasteiger partial charge on any atom is -0.313 e. The van der Waals surface area contributed by atoms with Gasteiger partial charge in [-0.25, -0.2) is 0 Å². The van der Waals surface area contributed by atoms with Gasteiger partial charge in [0, 0.05) is 37.8 Å². The first-order valence-electron chi connectivity index (χ1n) is 8.00. The zero-order valence-corrected chi connectivity index (χ0v) is 11.9. The Morgan fingerprint density at radius 3 is 2.61 bits per heavy atom. The maximum absolute atomic E-state index is 3.75. The third-order valence-electron chi connectivity index (χ3n) is 5.45. The summed E-state index contributed by atoms with van der Waals surface area (Å²) in [5.74, 6) is 0. The molecule has 104 valence electrons. The molecule has 0 aromatic heterocycles. The molecular weight excluding hydrogens is 222 g/mol. The van der Waals surface area contributed by atoms with Crippen LogP contribution in [0.25, 0.3) is 0 Å². The van der Waals surface area contributed by atoms with E-state index in [4.69, 9.17) is 0 Å². The van der Waals surface area contributed by atoms with Crippen LogP contribution in [0.2, 0.25) is 0 Å². The van der Waals surface area contributed by atoms with E-state index in [0.717, 1.165) is 18.1 Å². The van der Waals surface area contributed by atoms with Crippen molar-refractivity contribution < 1.29 is 0 Å². The monoisotopic (exact) mass is 251 g/mol. The third kappa shape index (κ3) is 2.89. The van der Waals surface area contributed by atoms with Crippen LogP contribution in [-0.4, -0.2) is 61.2 Å². The van der Waals surface area contributed by atoms with Gasteiger partial charge in [-0.1, -0.05) is 12.8 Å². The SMILES string of the molecule is CN1C2CCC1CN(CCNC1CCCC1)CC2. The normalized spacial score (nSPS) is 35.2. The zero-order valence-electron chi connectivity index (χ0n) is 11.9. The first-order valence-corrected chi connectivity index (χ1v) is 8.00. The second kappa shape index (κ2) is 5.89. The van der Waals surface area contributed by atoms with Gasteiger partial charge in [-0.05, 0) is 45.7 Å². The van der Waals surface area contributed by atoms with Crippen LogP contribution in [0.5, 0.6) is 0 Å². The molecule has 1 saturated carbocycles. The lowest BCUT2D eigenvalue weighted by atomic mass is 10.1. The molecule has 0 radical (unpaired) electrons. The molecular formula is C15H29N3. The zero-order chi connectivity index (χ0) is 12.4. The van der Waals surface area contributed by atoms with E-state index in [1.165, 1.54) is 71.1 Å². The molecule has 2 heterocycles. The molecule has 3 nitrogen and oxygen atoms in total. The largest absolute Gasteiger partial charge is 0.313 e. The smallest absolute Gasteiger partial charge is 0.0223 e. The van der Waals surface area contributed by atoms with Gasteiger partial charge in [-0.2, -0.15) is 0 Å². The van der Waals surface area contributed by atoms with Crippen molar-refractivity contribution in [2.75, 3.05) is 33.2 Å². The number of nitrogens with one attached hydrogen (secondary N) is 1. The van der Waals surface area contributed by atoms with E-state index >= 15 is 0 Å². The number of hydrogen-bond acceptors (Lipinski definition) is 3. The Morgan fingerprint density at radius 1 is 1.00 bits per heavy atom. The molecule has 2 saturated heterocycles. The van der Waals surface area contributed by atoms with Crippen molar-refractivity contribution in [1.82, 2.24) is 15.1 Å². The summed E-state index contributed by atoms with van der Waals surface area (Å²) in [6.07, 6.45) is 9.95. The average molecular weight is 251 g/mol. The fourth-order valence-electron chi connectivity index (χ4n) is 4.14. The number of likely N-dealkylation sites (tertiary alicyclic amines) is 1. The Balaban J connectivity index is 1.40. The third-order valence-corrected chi connectivity index (χ3v) is 5.45. The second-order valence-electron chi connectivity index (χ2n) is 6.58. The fourth-order valence-corrected chi connectivity index (χ4v) is 4.14. The van der Waals surface area contributed by atoms with Gasteiger partial charge >= 0.3 is 0 Å². The Bertz CT molecular complexity index is 262. The summed E-state index contributed by atoms with van der Waals surface area (Å²) >= 11 is 0. The van der Waals surface area contributed by atoms with Crippen LogP contribution in [0.4, 0.5) is 0 Å². The lowest BCUT2D eigenvalue weighted by Gasteiger charge is -2.26. The summed E-state index contributed by atoms with van der Waals surface area (Å²) in [7, 11) is 2.34. The summed E-state index contributed by atoms with van der Waals surface area (Å²) in [5.41, 5.74) is 0. The molecule has 0 amide bonds. The molecule has 2 atom stereocenters. The van der Waals surface area contributed by atoms with Gasteiger partial charge in [0.2, 0.25) is 0 Å². The molecule has 3 heteroatoms. The Hall–Kier alpha value is -0.120. The molecule has 3 fully saturated rings. The molecule has 1 N–H and O–H groups in total. The number of hydrogen-bond donors (Lipinski definition) is 1. The molecule has 0 aromatic rings. The summed E-state index contributed by atoms with van der Waals surface area (Å²) in [5, 5.41) is 3.75. The van der Waals surface area contributed by atoms with Crippen molar-refractivity contribution in [3.63, 3.8) is 0 Å². The van der Waals surface area contributed by atoms with Gasteiger partial charge in [0.05, 0.1) is 0 Å². The molecule has 18 heavy (non-hydrogen) atoms. The summed E-state index contributed by atoms with van der Waals surface area (Å²) in [4.78, 5) is 5.34. The number of rotatable bonds is 4. The molecule has 0 spiro atoms. The van der Waals surface area contributed by atoms with Gasteiger partial charge in [-0.15, -0.1) is 0 Å². The van der Waals surface area contributed by atoms with E-state index in [2.05, 4.69) is 22.2 Å². The van der Waals surface area contributed by atoms with Gasteiger partial charge < -0.3 is 10.2 Å². The van der Waals surface area contributed by atoms with Crippen molar-refractivity contribution >= 4 is 0 Å². The Labute approximate surface area is 112 Å². The van der Waals surface area contributed by atoms with Crippen molar-refractivity contribution in [2.24, 2.45) is 0 Å². The second-order valence-corrected chi connectivity index (χ2v) is 6.58. The molecule has 3 rings (SSSR count). The van der Waals surface area contributed by atoms with Crippen molar-refractivity contribution in [3.05, 3.63) is 0 Å².